The fourth-order valence-electron chi connectivity index (χ4n) is 2.49. The minimum absolute atomic E-state index is 0.430. The van der Waals surface area contributed by atoms with Crippen LogP contribution in [0.3, 0.4) is 0 Å². The monoisotopic (exact) mass is 284 g/mol. The summed E-state index contributed by atoms with van der Waals surface area (Å²) in [4.78, 5) is 2.69. The average Bonchev–Trinajstić information content (AvgIpc) is 2.69. The van der Waals surface area contributed by atoms with Crippen molar-refractivity contribution in [2.24, 2.45) is 5.73 Å². The molecule has 0 fully saturated rings. The standard InChI is InChI=1S/C16H16N2OS/c17-16(20)13-6-2-3-7-14(13)18-9-10-19-15-8-4-1-5-12(15)11-18/h1-8H,9-11H2,(H2,17,20). The summed E-state index contributed by atoms with van der Waals surface area (Å²) in [6.07, 6.45) is 0. The number of para-hydroxylation sites is 2. The molecule has 0 radical (unpaired) electrons. The molecule has 2 aromatic carbocycles. The zero-order valence-corrected chi connectivity index (χ0v) is 11.9. The number of thiocarbonyl (C=S) groups is 1. The highest BCUT2D eigenvalue weighted by Crippen LogP contribution is 2.28. The van der Waals surface area contributed by atoms with Crippen LogP contribution in [-0.2, 0) is 6.54 Å². The minimum atomic E-state index is 0.430. The highest BCUT2D eigenvalue weighted by molar-refractivity contribution is 7.80. The normalized spacial score (nSPS) is 14.1. The van der Waals surface area contributed by atoms with Crippen molar-refractivity contribution in [3.8, 4) is 5.75 Å². The lowest BCUT2D eigenvalue weighted by atomic mass is 10.1. The van der Waals surface area contributed by atoms with Crippen LogP contribution in [0, 0.1) is 0 Å². The molecule has 3 nitrogen and oxygen atoms in total. The largest absolute Gasteiger partial charge is 0.491 e. The quantitative estimate of drug-likeness (QED) is 0.861. The maximum atomic E-state index is 5.83. The molecule has 0 saturated carbocycles. The van der Waals surface area contributed by atoms with E-state index >= 15 is 0 Å². The second kappa shape index (κ2) is 5.51. The fourth-order valence-corrected chi connectivity index (χ4v) is 2.66. The molecule has 1 heterocycles. The molecule has 1 aliphatic rings. The van der Waals surface area contributed by atoms with Gasteiger partial charge in [-0.05, 0) is 18.2 Å². The lowest BCUT2D eigenvalue weighted by molar-refractivity contribution is 0.331. The summed E-state index contributed by atoms with van der Waals surface area (Å²) in [5.74, 6) is 0.961. The summed E-state index contributed by atoms with van der Waals surface area (Å²) in [5.41, 5.74) is 9.00. The summed E-state index contributed by atoms with van der Waals surface area (Å²) in [6, 6.07) is 16.1. The van der Waals surface area contributed by atoms with Crippen LogP contribution in [0.2, 0.25) is 0 Å². The Balaban J connectivity index is 1.98. The van der Waals surface area contributed by atoms with Gasteiger partial charge in [0, 0.05) is 23.4 Å². The number of nitrogens with zero attached hydrogens (tertiary/aromatic N) is 1. The molecular weight excluding hydrogens is 268 g/mol. The van der Waals surface area contributed by atoms with Crippen molar-refractivity contribution >= 4 is 22.9 Å². The molecule has 0 spiro atoms. The second-order valence-electron chi connectivity index (χ2n) is 4.76. The topological polar surface area (TPSA) is 38.5 Å². The van der Waals surface area contributed by atoms with Crippen LogP contribution in [-0.4, -0.2) is 18.1 Å². The van der Waals surface area contributed by atoms with Gasteiger partial charge in [-0.15, -0.1) is 0 Å². The molecule has 0 atom stereocenters. The van der Waals surface area contributed by atoms with Crippen LogP contribution >= 0.6 is 12.2 Å². The highest BCUT2D eigenvalue weighted by atomic mass is 32.1. The number of hydrogen-bond donors (Lipinski definition) is 1. The first-order chi connectivity index (χ1) is 9.75. The number of hydrogen-bond acceptors (Lipinski definition) is 3. The number of nitrogens with two attached hydrogens (primary N) is 1. The molecule has 0 saturated heterocycles. The molecule has 1 aliphatic heterocycles. The number of rotatable bonds is 2. The van der Waals surface area contributed by atoms with Crippen LogP contribution in [0.1, 0.15) is 11.1 Å². The molecule has 102 valence electrons. The number of fused-ring (bicyclic) bond motifs is 1. The van der Waals surface area contributed by atoms with Crippen molar-refractivity contribution in [3.63, 3.8) is 0 Å². The van der Waals surface area contributed by atoms with E-state index in [-0.39, 0.29) is 0 Å². The first kappa shape index (κ1) is 12.9. The van der Waals surface area contributed by atoms with Gasteiger partial charge in [-0.3, -0.25) is 0 Å². The molecule has 0 aromatic heterocycles. The second-order valence-corrected chi connectivity index (χ2v) is 5.20. The lowest BCUT2D eigenvalue weighted by Gasteiger charge is -2.24. The molecule has 0 bridgehead atoms. The van der Waals surface area contributed by atoms with E-state index in [1.807, 2.05) is 36.4 Å². The summed E-state index contributed by atoms with van der Waals surface area (Å²) in [7, 11) is 0. The van der Waals surface area contributed by atoms with Crippen LogP contribution in [0.4, 0.5) is 5.69 Å². The van der Waals surface area contributed by atoms with Crippen molar-refractivity contribution in [2.45, 2.75) is 6.54 Å². The number of anilines is 1. The van der Waals surface area contributed by atoms with E-state index in [9.17, 15) is 0 Å². The molecule has 0 aliphatic carbocycles. The van der Waals surface area contributed by atoms with Crippen molar-refractivity contribution in [1.29, 1.82) is 0 Å². The highest BCUT2D eigenvalue weighted by Gasteiger charge is 2.18. The SMILES string of the molecule is NC(=S)c1ccccc1N1CCOc2ccccc2C1. The summed E-state index contributed by atoms with van der Waals surface area (Å²) in [5, 5.41) is 0. The fraction of sp³-hybridized carbons (Fsp3) is 0.188. The van der Waals surface area contributed by atoms with E-state index in [1.165, 1.54) is 5.56 Å². The minimum Gasteiger partial charge on any atom is -0.491 e. The van der Waals surface area contributed by atoms with Crippen molar-refractivity contribution in [2.75, 3.05) is 18.1 Å². The summed E-state index contributed by atoms with van der Waals surface area (Å²) < 4.78 is 5.79. The van der Waals surface area contributed by atoms with E-state index in [1.54, 1.807) is 0 Å². The third-order valence-electron chi connectivity index (χ3n) is 3.46. The van der Waals surface area contributed by atoms with Gasteiger partial charge in [0.15, 0.2) is 0 Å². The van der Waals surface area contributed by atoms with Gasteiger partial charge in [-0.2, -0.15) is 0 Å². The van der Waals surface area contributed by atoms with Crippen LogP contribution in [0.25, 0.3) is 0 Å². The number of benzene rings is 2. The Morgan fingerprint density at radius 1 is 1.10 bits per heavy atom. The van der Waals surface area contributed by atoms with Gasteiger partial charge in [0.25, 0.3) is 0 Å². The van der Waals surface area contributed by atoms with Crippen LogP contribution in [0.5, 0.6) is 5.75 Å². The Morgan fingerprint density at radius 3 is 2.70 bits per heavy atom. The summed E-state index contributed by atoms with van der Waals surface area (Å²) >= 11 is 5.15. The average molecular weight is 284 g/mol. The Kier molecular flexibility index (Phi) is 3.56. The summed E-state index contributed by atoms with van der Waals surface area (Å²) in [6.45, 7) is 2.27. The molecule has 0 amide bonds. The maximum absolute atomic E-state index is 5.83. The van der Waals surface area contributed by atoms with Gasteiger partial charge in [0.2, 0.25) is 0 Å². The van der Waals surface area contributed by atoms with E-state index in [2.05, 4.69) is 17.0 Å². The van der Waals surface area contributed by atoms with E-state index in [0.717, 1.165) is 30.1 Å². The molecular formula is C16H16N2OS. The predicted octanol–water partition coefficient (Wildman–Crippen LogP) is 2.72. The predicted molar refractivity (Wildman–Crippen MR) is 85.3 cm³/mol. The first-order valence-electron chi connectivity index (χ1n) is 6.60. The molecule has 0 unspecified atom stereocenters. The van der Waals surface area contributed by atoms with E-state index < -0.39 is 0 Å². The maximum Gasteiger partial charge on any atom is 0.124 e. The van der Waals surface area contributed by atoms with Gasteiger partial charge in [0.1, 0.15) is 17.3 Å². The van der Waals surface area contributed by atoms with Gasteiger partial charge >= 0.3 is 0 Å². The molecule has 20 heavy (non-hydrogen) atoms. The lowest BCUT2D eigenvalue weighted by Crippen LogP contribution is -2.27. The Labute approximate surface area is 124 Å². The van der Waals surface area contributed by atoms with Crippen molar-refractivity contribution in [1.82, 2.24) is 0 Å². The van der Waals surface area contributed by atoms with Gasteiger partial charge in [-0.1, -0.05) is 42.5 Å². The third-order valence-corrected chi connectivity index (χ3v) is 3.68. The van der Waals surface area contributed by atoms with Gasteiger partial charge in [-0.25, -0.2) is 0 Å². The molecule has 2 N–H and O–H groups in total. The Bertz CT molecular complexity index is 642. The van der Waals surface area contributed by atoms with Crippen LogP contribution < -0.4 is 15.4 Å². The van der Waals surface area contributed by atoms with E-state index in [0.29, 0.717) is 11.6 Å². The third kappa shape index (κ3) is 2.47. The first-order valence-corrected chi connectivity index (χ1v) is 7.01. The van der Waals surface area contributed by atoms with Crippen molar-refractivity contribution in [3.05, 3.63) is 59.7 Å². The zero-order valence-electron chi connectivity index (χ0n) is 11.1. The van der Waals surface area contributed by atoms with Crippen molar-refractivity contribution < 1.29 is 4.74 Å². The Hall–Kier alpha value is -2.07. The molecule has 2 aromatic rings. The van der Waals surface area contributed by atoms with Crippen LogP contribution in [0.15, 0.2) is 48.5 Å². The van der Waals surface area contributed by atoms with Gasteiger partial charge < -0.3 is 15.4 Å². The zero-order chi connectivity index (χ0) is 13.9. The Morgan fingerprint density at radius 2 is 1.85 bits per heavy atom. The number of ether oxygens (including phenoxy) is 1. The van der Waals surface area contributed by atoms with Gasteiger partial charge in [0.05, 0.1) is 6.54 Å². The molecule has 3 rings (SSSR count). The molecule has 4 heteroatoms. The smallest absolute Gasteiger partial charge is 0.124 e. The van der Waals surface area contributed by atoms with E-state index in [4.69, 9.17) is 22.7 Å².